The number of nitrogens with zero attached hydrogens (tertiary/aromatic N) is 4. The van der Waals surface area contributed by atoms with E-state index in [1.807, 2.05) is 12.4 Å². The molecule has 1 atom stereocenters. The number of carbonyl (C=O) groups excluding carboxylic acids is 1. The highest BCUT2D eigenvalue weighted by Gasteiger charge is 2.29. The third kappa shape index (κ3) is 2.51. The van der Waals surface area contributed by atoms with Crippen molar-refractivity contribution in [2.24, 2.45) is 0 Å². The molecule has 1 saturated heterocycles. The molecule has 2 aromatic rings. The quantitative estimate of drug-likeness (QED) is 0.942. The van der Waals surface area contributed by atoms with Gasteiger partial charge in [0, 0.05) is 18.8 Å². The van der Waals surface area contributed by atoms with E-state index in [9.17, 15) is 9.90 Å². The number of aliphatic hydroxyl groups is 1. The van der Waals surface area contributed by atoms with E-state index in [4.69, 9.17) is 0 Å². The predicted octanol–water partition coefficient (Wildman–Crippen LogP) is 2.14. The number of imidazole rings is 1. The van der Waals surface area contributed by atoms with Gasteiger partial charge in [-0.1, -0.05) is 12.8 Å². The number of fused-ring (bicyclic) bond motifs is 1. The minimum absolute atomic E-state index is 0.0255. The predicted molar refractivity (Wildman–Crippen MR) is 86.2 cm³/mol. The Balaban J connectivity index is 1.63. The number of hydrogen-bond donors (Lipinski definition) is 1. The number of aliphatic hydroxyl groups excluding tert-OH is 1. The zero-order chi connectivity index (χ0) is 15.8. The highest BCUT2D eigenvalue weighted by molar-refractivity contribution is 5.96. The Hall–Kier alpha value is -1.95. The molecule has 2 aliphatic rings. The number of hydrogen-bond acceptors (Lipinski definition) is 4. The second kappa shape index (κ2) is 5.92. The van der Waals surface area contributed by atoms with Crippen LogP contribution in [-0.4, -0.2) is 49.6 Å². The molecular formula is C17H22N4O2. The van der Waals surface area contributed by atoms with Gasteiger partial charge in [-0.15, -0.1) is 0 Å². The van der Waals surface area contributed by atoms with Crippen LogP contribution < -0.4 is 0 Å². The second-order valence-electron chi connectivity index (χ2n) is 6.63. The van der Waals surface area contributed by atoms with Crippen LogP contribution in [0.3, 0.4) is 0 Å². The van der Waals surface area contributed by atoms with Crippen LogP contribution >= 0.6 is 0 Å². The summed E-state index contributed by atoms with van der Waals surface area (Å²) >= 11 is 0. The second-order valence-corrected chi connectivity index (χ2v) is 6.63. The van der Waals surface area contributed by atoms with Crippen LogP contribution in [0.15, 0.2) is 18.6 Å². The fourth-order valence-electron chi connectivity index (χ4n) is 3.94. The Bertz CT molecular complexity index is 720. The van der Waals surface area contributed by atoms with Crippen LogP contribution in [0, 0.1) is 0 Å². The van der Waals surface area contributed by atoms with E-state index in [0.717, 1.165) is 24.0 Å². The highest BCUT2D eigenvalue weighted by Crippen LogP contribution is 2.31. The zero-order valence-corrected chi connectivity index (χ0v) is 13.2. The summed E-state index contributed by atoms with van der Waals surface area (Å²) in [7, 11) is 0. The number of carbonyl (C=O) groups is 1. The molecule has 23 heavy (non-hydrogen) atoms. The molecule has 1 unspecified atom stereocenters. The lowest BCUT2D eigenvalue weighted by Gasteiger charge is -2.22. The van der Waals surface area contributed by atoms with Crippen LogP contribution in [0.5, 0.6) is 0 Å². The normalized spacial score (nSPS) is 22.3. The third-order valence-corrected chi connectivity index (χ3v) is 5.23. The Kier molecular flexibility index (Phi) is 3.77. The average Bonchev–Trinajstić information content (AvgIpc) is 3.31. The first-order valence-corrected chi connectivity index (χ1v) is 8.52. The average molecular weight is 314 g/mol. The standard InChI is InChI=1S/C17H22N4O2/c22-10-14-6-3-7-20(14)17(23)12-8-15-16(18-9-12)21(11-19-15)13-4-1-2-5-13/h8-9,11,13-14,22H,1-7,10H2. The number of rotatable bonds is 3. The molecule has 2 fully saturated rings. The Morgan fingerprint density at radius 2 is 2.04 bits per heavy atom. The van der Waals surface area contributed by atoms with E-state index in [1.54, 1.807) is 11.1 Å². The van der Waals surface area contributed by atoms with Gasteiger partial charge < -0.3 is 14.6 Å². The van der Waals surface area contributed by atoms with Crippen molar-refractivity contribution in [1.29, 1.82) is 0 Å². The van der Waals surface area contributed by atoms with Crippen LogP contribution in [0.2, 0.25) is 0 Å². The van der Waals surface area contributed by atoms with Crippen molar-refractivity contribution in [3.63, 3.8) is 0 Å². The van der Waals surface area contributed by atoms with Crippen LogP contribution in [0.4, 0.5) is 0 Å². The van der Waals surface area contributed by atoms with Gasteiger partial charge in [0.25, 0.3) is 5.91 Å². The summed E-state index contributed by atoms with van der Waals surface area (Å²) < 4.78 is 2.16. The Morgan fingerprint density at radius 1 is 1.22 bits per heavy atom. The summed E-state index contributed by atoms with van der Waals surface area (Å²) in [6, 6.07) is 2.27. The van der Waals surface area contributed by atoms with E-state index in [-0.39, 0.29) is 18.6 Å². The van der Waals surface area contributed by atoms with Gasteiger partial charge >= 0.3 is 0 Å². The van der Waals surface area contributed by atoms with Gasteiger partial charge in [-0.2, -0.15) is 0 Å². The number of likely N-dealkylation sites (tertiary alicyclic amines) is 1. The molecule has 6 heteroatoms. The van der Waals surface area contributed by atoms with Gasteiger partial charge in [0.05, 0.1) is 24.5 Å². The molecule has 4 rings (SSSR count). The van der Waals surface area contributed by atoms with Crippen molar-refractivity contribution >= 4 is 17.1 Å². The minimum atomic E-state index is -0.0609. The molecule has 1 N–H and O–H groups in total. The number of pyridine rings is 1. The van der Waals surface area contributed by atoms with E-state index in [0.29, 0.717) is 18.2 Å². The van der Waals surface area contributed by atoms with Gasteiger partial charge in [-0.3, -0.25) is 4.79 Å². The van der Waals surface area contributed by atoms with Crippen molar-refractivity contribution < 1.29 is 9.90 Å². The first-order chi connectivity index (χ1) is 11.3. The summed E-state index contributed by atoms with van der Waals surface area (Å²) in [6.45, 7) is 0.732. The van der Waals surface area contributed by atoms with E-state index >= 15 is 0 Å². The van der Waals surface area contributed by atoms with Crippen molar-refractivity contribution in [3.05, 3.63) is 24.2 Å². The van der Waals surface area contributed by atoms with Gasteiger partial charge in [-0.25, -0.2) is 9.97 Å². The lowest BCUT2D eigenvalue weighted by Crippen LogP contribution is -2.37. The number of amides is 1. The lowest BCUT2D eigenvalue weighted by atomic mass is 10.2. The van der Waals surface area contributed by atoms with Gasteiger partial charge in [0.2, 0.25) is 0 Å². The van der Waals surface area contributed by atoms with E-state index in [1.165, 1.54) is 25.7 Å². The summed E-state index contributed by atoms with van der Waals surface area (Å²) in [5.74, 6) is -0.0497. The van der Waals surface area contributed by atoms with Gasteiger partial charge in [0.15, 0.2) is 5.65 Å². The van der Waals surface area contributed by atoms with Crippen molar-refractivity contribution in [2.75, 3.05) is 13.2 Å². The lowest BCUT2D eigenvalue weighted by molar-refractivity contribution is 0.0677. The maximum atomic E-state index is 12.7. The molecule has 6 nitrogen and oxygen atoms in total. The molecule has 0 aromatic carbocycles. The highest BCUT2D eigenvalue weighted by atomic mass is 16.3. The first kappa shape index (κ1) is 14.6. The summed E-state index contributed by atoms with van der Waals surface area (Å²) in [5.41, 5.74) is 2.21. The minimum Gasteiger partial charge on any atom is -0.394 e. The Morgan fingerprint density at radius 3 is 2.83 bits per heavy atom. The molecular weight excluding hydrogens is 292 g/mol. The topological polar surface area (TPSA) is 71.2 Å². The van der Waals surface area contributed by atoms with Crippen LogP contribution in [0.25, 0.3) is 11.2 Å². The molecule has 3 heterocycles. The summed E-state index contributed by atoms with van der Waals surface area (Å²) in [5, 5.41) is 9.40. The third-order valence-electron chi connectivity index (χ3n) is 5.23. The zero-order valence-electron chi connectivity index (χ0n) is 13.2. The largest absolute Gasteiger partial charge is 0.394 e. The van der Waals surface area contributed by atoms with Crippen molar-refractivity contribution in [1.82, 2.24) is 19.4 Å². The SMILES string of the molecule is O=C(c1cnc2c(c1)ncn2C1CCCC1)N1CCCC1CO. The molecule has 1 amide bonds. The van der Waals surface area contributed by atoms with Crippen molar-refractivity contribution in [3.8, 4) is 0 Å². The molecule has 2 aromatic heterocycles. The summed E-state index contributed by atoms with van der Waals surface area (Å²) in [6.07, 6.45) is 10.2. The van der Waals surface area contributed by atoms with Gasteiger partial charge in [-0.05, 0) is 31.7 Å². The summed E-state index contributed by atoms with van der Waals surface area (Å²) in [4.78, 5) is 23.4. The van der Waals surface area contributed by atoms with E-state index < -0.39 is 0 Å². The molecule has 0 bridgehead atoms. The molecule has 0 radical (unpaired) electrons. The maximum absolute atomic E-state index is 12.7. The van der Waals surface area contributed by atoms with Crippen LogP contribution in [-0.2, 0) is 0 Å². The number of aromatic nitrogens is 3. The first-order valence-electron chi connectivity index (χ1n) is 8.52. The fourth-order valence-corrected chi connectivity index (χ4v) is 3.94. The van der Waals surface area contributed by atoms with Gasteiger partial charge in [0.1, 0.15) is 5.52 Å². The molecule has 122 valence electrons. The molecule has 1 saturated carbocycles. The smallest absolute Gasteiger partial charge is 0.255 e. The van der Waals surface area contributed by atoms with Crippen LogP contribution in [0.1, 0.15) is 54.9 Å². The van der Waals surface area contributed by atoms with Crippen molar-refractivity contribution in [2.45, 2.75) is 50.6 Å². The fraction of sp³-hybridized carbons (Fsp3) is 0.588. The molecule has 1 aliphatic heterocycles. The molecule has 1 aliphatic carbocycles. The monoisotopic (exact) mass is 314 g/mol. The maximum Gasteiger partial charge on any atom is 0.255 e. The molecule has 0 spiro atoms. The Labute approximate surface area is 135 Å². The van der Waals surface area contributed by atoms with E-state index in [2.05, 4.69) is 14.5 Å².